The maximum absolute atomic E-state index is 12.1. The number of nitrogens with zero attached hydrogens (tertiary/aromatic N) is 1. The Morgan fingerprint density at radius 3 is 2.70 bits per heavy atom. The van der Waals surface area contributed by atoms with Crippen LogP contribution in [0.25, 0.3) is 0 Å². The molecule has 0 spiro atoms. The predicted molar refractivity (Wildman–Crippen MR) is 82.9 cm³/mol. The molecule has 1 amide bonds. The Morgan fingerprint density at radius 1 is 1.30 bits per heavy atom. The van der Waals surface area contributed by atoms with Crippen molar-refractivity contribution in [2.75, 3.05) is 12.4 Å². The van der Waals surface area contributed by atoms with Gasteiger partial charge in [0.2, 0.25) is 0 Å². The molecule has 1 N–H and O–H groups in total. The van der Waals surface area contributed by atoms with Crippen molar-refractivity contribution in [3.8, 4) is 5.75 Å². The van der Waals surface area contributed by atoms with Crippen LogP contribution >= 0.6 is 39.1 Å². The lowest BCUT2D eigenvalue weighted by Gasteiger charge is -2.09. The molecule has 0 fully saturated rings. The molecule has 0 saturated carbocycles. The average Bonchev–Trinajstić information content (AvgIpc) is 2.37. The molecule has 104 valence electrons. The smallest absolute Gasteiger partial charge is 0.258 e. The SMILES string of the molecule is COc1cc(Br)cc(NC(=O)c2ccc(Cl)nc2Cl)c1. The topological polar surface area (TPSA) is 51.2 Å². The highest BCUT2D eigenvalue weighted by atomic mass is 79.9. The zero-order valence-corrected chi connectivity index (χ0v) is 13.4. The third-order valence-corrected chi connectivity index (χ3v) is 3.38. The molecule has 1 heterocycles. The number of ether oxygens (including phenoxy) is 1. The highest BCUT2D eigenvalue weighted by Gasteiger charge is 2.13. The molecule has 7 heteroatoms. The summed E-state index contributed by atoms with van der Waals surface area (Å²) in [7, 11) is 1.55. The quantitative estimate of drug-likeness (QED) is 0.808. The summed E-state index contributed by atoms with van der Waals surface area (Å²) in [4.78, 5) is 15.9. The van der Waals surface area contributed by atoms with Crippen molar-refractivity contribution in [1.29, 1.82) is 0 Å². The maximum Gasteiger partial charge on any atom is 0.258 e. The molecule has 0 aliphatic heterocycles. The van der Waals surface area contributed by atoms with Gasteiger partial charge in [-0.05, 0) is 24.3 Å². The predicted octanol–water partition coefficient (Wildman–Crippen LogP) is 4.41. The number of benzene rings is 1. The van der Waals surface area contributed by atoms with Gasteiger partial charge in [-0.3, -0.25) is 4.79 Å². The number of aromatic nitrogens is 1. The second kappa shape index (κ2) is 6.43. The second-order valence-electron chi connectivity index (χ2n) is 3.81. The van der Waals surface area contributed by atoms with Crippen LogP contribution in [0.15, 0.2) is 34.8 Å². The third-order valence-electron chi connectivity index (χ3n) is 2.42. The number of halogens is 3. The van der Waals surface area contributed by atoms with Gasteiger partial charge in [-0.15, -0.1) is 0 Å². The van der Waals surface area contributed by atoms with Crippen molar-refractivity contribution >= 4 is 50.7 Å². The molecule has 20 heavy (non-hydrogen) atoms. The molecule has 2 aromatic rings. The largest absolute Gasteiger partial charge is 0.497 e. The van der Waals surface area contributed by atoms with Gasteiger partial charge in [-0.1, -0.05) is 39.1 Å². The van der Waals surface area contributed by atoms with E-state index >= 15 is 0 Å². The van der Waals surface area contributed by atoms with Crippen LogP contribution in [0, 0.1) is 0 Å². The van der Waals surface area contributed by atoms with Crippen LogP contribution in [0.4, 0.5) is 5.69 Å². The molecule has 0 atom stereocenters. The van der Waals surface area contributed by atoms with E-state index in [1.807, 2.05) is 0 Å². The number of carbonyl (C=O) groups excluding carboxylic acids is 1. The summed E-state index contributed by atoms with van der Waals surface area (Å²) in [6.45, 7) is 0. The third kappa shape index (κ3) is 3.62. The zero-order chi connectivity index (χ0) is 14.7. The Hall–Kier alpha value is -1.30. The van der Waals surface area contributed by atoms with E-state index in [0.29, 0.717) is 11.4 Å². The van der Waals surface area contributed by atoms with Gasteiger partial charge in [0.05, 0.1) is 12.7 Å². The van der Waals surface area contributed by atoms with E-state index in [9.17, 15) is 4.79 Å². The summed E-state index contributed by atoms with van der Waals surface area (Å²) < 4.78 is 5.91. The fraction of sp³-hybridized carbons (Fsp3) is 0.0769. The standard InChI is InChI=1S/C13H9BrCl2N2O2/c1-20-9-5-7(14)4-8(6-9)17-13(19)10-2-3-11(15)18-12(10)16/h2-6H,1H3,(H,17,19). The van der Waals surface area contributed by atoms with Gasteiger partial charge in [-0.25, -0.2) is 4.98 Å². The van der Waals surface area contributed by atoms with E-state index in [4.69, 9.17) is 27.9 Å². The fourth-order valence-corrected chi connectivity index (χ4v) is 2.44. The van der Waals surface area contributed by atoms with Gasteiger partial charge in [0.15, 0.2) is 0 Å². The van der Waals surface area contributed by atoms with E-state index in [2.05, 4.69) is 26.2 Å². The lowest BCUT2D eigenvalue weighted by molar-refractivity contribution is 0.102. The molecular formula is C13H9BrCl2N2O2. The van der Waals surface area contributed by atoms with Gasteiger partial charge >= 0.3 is 0 Å². The molecule has 4 nitrogen and oxygen atoms in total. The number of pyridine rings is 1. The van der Waals surface area contributed by atoms with Gasteiger partial charge in [0, 0.05) is 16.2 Å². The van der Waals surface area contributed by atoms with E-state index in [1.165, 1.54) is 12.1 Å². The summed E-state index contributed by atoms with van der Waals surface area (Å²) in [5.74, 6) is 0.245. The van der Waals surface area contributed by atoms with Crippen molar-refractivity contribution in [2.24, 2.45) is 0 Å². The molecule has 0 radical (unpaired) electrons. The molecule has 0 aliphatic carbocycles. The number of hydrogen-bond acceptors (Lipinski definition) is 3. The highest BCUT2D eigenvalue weighted by molar-refractivity contribution is 9.10. The Morgan fingerprint density at radius 2 is 2.05 bits per heavy atom. The summed E-state index contributed by atoms with van der Waals surface area (Å²) in [6.07, 6.45) is 0. The van der Waals surface area contributed by atoms with E-state index < -0.39 is 0 Å². The Kier molecular flexibility index (Phi) is 4.86. The van der Waals surface area contributed by atoms with Crippen LogP contribution in [-0.4, -0.2) is 18.0 Å². The van der Waals surface area contributed by atoms with Crippen molar-refractivity contribution in [1.82, 2.24) is 4.98 Å². The second-order valence-corrected chi connectivity index (χ2v) is 5.47. The number of amides is 1. The van der Waals surface area contributed by atoms with Crippen LogP contribution in [0.3, 0.4) is 0 Å². The first-order valence-corrected chi connectivity index (χ1v) is 7.02. The number of rotatable bonds is 3. The minimum atomic E-state index is -0.376. The Bertz CT molecular complexity index is 665. The molecular weight excluding hydrogens is 367 g/mol. The Labute approximate surface area is 134 Å². The number of hydrogen-bond donors (Lipinski definition) is 1. The lowest BCUT2D eigenvalue weighted by Crippen LogP contribution is -2.13. The minimum absolute atomic E-state index is 0.0527. The van der Waals surface area contributed by atoms with E-state index in [0.717, 1.165) is 4.47 Å². The number of anilines is 1. The molecule has 0 aliphatic rings. The van der Waals surface area contributed by atoms with Crippen LogP contribution < -0.4 is 10.1 Å². The molecule has 1 aromatic heterocycles. The average molecular weight is 376 g/mol. The number of methoxy groups -OCH3 is 1. The lowest BCUT2D eigenvalue weighted by atomic mass is 10.2. The highest BCUT2D eigenvalue weighted by Crippen LogP contribution is 2.25. The van der Waals surface area contributed by atoms with E-state index in [-0.39, 0.29) is 21.8 Å². The fourth-order valence-electron chi connectivity index (χ4n) is 1.53. The molecule has 2 rings (SSSR count). The van der Waals surface area contributed by atoms with Crippen molar-refractivity contribution in [2.45, 2.75) is 0 Å². The minimum Gasteiger partial charge on any atom is -0.497 e. The zero-order valence-electron chi connectivity index (χ0n) is 10.3. The molecule has 0 bridgehead atoms. The normalized spacial score (nSPS) is 10.2. The van der Waals surface area contributed by atoms with Crippen molar-refractivity contribution in [3.05, 3.63) is 50.7 Å². The summed E-state index contributed by atoms with van der Waals surface area (Å²) in [5, 5.41) is 3.00. The van der Waals surface area contributed by atoms with E-state index in [1.54, 1.807) is 25.3 Å². The molecule has 0 unspecified atom stereocenters. The first-order chi connectivity index (χ1) is 9.49. The first-order valence-electron chi connectivity index (χ1n) is 5.47. The first kappa shape index (κ1) is 15.1. The van der Waals surface area contributed by atoms with Crippen LogP contribution in [0.5, 0.6) is 5.75 Å². The monoisotopic (exact) mass is 374 g/mol. The number of carbonyl (C=O) groups is 1. The van der Waals surface area contributed by atoms with Crippen molar-refractivity contribution < 1.29 is 9.53 Å². The number of nitrogens with one attached hydrogen (secondary N) is 1. The summed E-state index contributed by atoms with van der Waals surface area (Å²) in [5.41, 5.74) is 0.822. The van der Waals surface area contributed by atoms with Crippen LogP contribution in [-0.2, 0) is 0 Å². The van der Waals surface area contributed by atoms with Gasteiger partial charge in [-0.2, -0.15) is 0 Å². The van der Waals surface area contributed by atoms with Crippen LogP contribution in [0.1, 0.15) is 10.4 Å². The van der Waals surface area contributed by atoms with Gasteiger partial charge in [0.25, 0.3) is 5.91 Å². The van der Waals surface area contributed by atoms with Crippen molar-refractivity contribution in [3.63, 3.8) is 0 Å². The summed E-state index contributed by atoms with van der Waals surface area (Å²) >= 11 is 14.9. The summed E-state index contributed by atoms with van der Waals surface area (Å²) in [6, 6.07) is 8.25. The van der Waals surface area contributed by atoms with Gasteiger partial charge < -0.3 is 10.1 Å². The molecule has 0 saturated heterocycles. The maximum atomic E-state index is 12.1. The van der Waals surface area contributed by atoms with Gasteiger partial charge in [0.1, 0.15) is 16.1 Å². The van der Waals surface area contributed by atoms with Crippen LogP contribution in [0.2, 0.25) is 10.3 Å². The Balaban J connectivity index is 2.25. The molecule has 1 aromatic carbocycles.